The average Bonchev–Trinajstić information content (AvgIpc) is 2.90. The standard InChI is InChI=1S/C12H22N4O3S/c1-2-3-14-4-6-16(7-5-14)20(18,19)12-10-13-15(11-12)8-9-17/h10-11,17H,2-9H2,1H3. The van der Waals surface area contributed by atoms with Gasteiger partial charge in [0.05, 0.1) is 19.3 Å². The van der Waals surface area contributed by atoms with Crippen LogP contribution >= 0.6 is 0 Å². The molecular formula is C12H22N4O3S. The van der Waals surface area contributed by atoms with E-state index in [0.717, 1.165) is 26.1 Å². The Kier molecular flexibility index (Phi) is 5.14. The van der Waals surface area contributed by atoms with Gasteiger partial charge in [0.15, 0.2) is 0 Å². The quantitative estimate of drug-likeness (QED) is 0.773. The summed E-state index contributed by atoms with van der Waals surface area (Å²) in [6.45, 7) is 5.98. The van der Waals surface area contributed by atoms with Crippen molar-refractivity contribution in [2.45, 2.75) is 24.8 Å². The lowest BCUT2D eigenvalue weighted by atomic mass is 10.3. The molecule has 1 N–H and O–H groups in total. The van der Waals surface area contributed by atoms with E-state index in [1.165, 1.54) is 21.4 Å². The van der Waals surface area contributed by atoms with Crippen LogP contribution in [0.2, 0.25) is 0 Å². The van der Waals surface area contributed by atoms with Crippen LogP contribution in [0.25, 0.3) is 0 Å². The molecule has 8 heteroatoms. The van der Waals surface area contributed by atoms with E-state index in [1.54, 1.807) is 0 Å². The maximum Gasteiger partial charge on any atom is 0.246 e. The van der Waals surface area contributed by atoms with E-state index in [2.05, 4.69) is 16.9 Å². The van der Waals surface area contributed by atoms with Gasteiger partial charge in [0.25, 0.3) is 0 Å². The zero-order valence-electron chi connectivity index (χ0n) is 11.8. The summed E-state index contributed by atoms with van der Waals surface area (Å²) in [5.41, 5.74) is 0. The first-order valence-electron chi connectivity index (χ1n) is 6.93. The molecule has 0 bridgehead atoms. The number of hydrogen-bond donors (Lipinski definition) is 1. The van der Waals surface area contributed by atoms with Gasteiger partial charge in [-0.05, 0) is 13.0 Å². The molecule has 0 radical (unpaired) electrons. The lowest BCUT2D eigenvalue weighted by molar-refractivity contribution is 0.188. The molecule has 1 aliphatic heterocycles. The molecule has 1 fully saturated rings. The highest BCUT2D eigenvalue weighted by atomic mass is 32.2. The predicted molar refractivity (Wildman–Crippen MR) is 74.8 cm³/mol. The number of hydrogen-bond acceptors (Lipinski definition) is 5. The monoisotopic (exact) mass is 302 g/mol. The van der Waals surface area contributed by atoms with Crippen molar-refractivity contribution in [1.29, 1.82) is 0 Å². The molecule has 0 atom stereocenters. The number of sulfonamides is 1. The number of aromatic nitrogens is 2. The average molecular weight is 302 g/mol. The fourth-order valence-corrected chi connectivity index (χ4v) is 3.74. The molecule has 2 heterocycles. The van der Waals surface area contributed by atoms with Crippen molar-refractivity contribution in [3.63, 3.8) is 0 Å². The summed E-state index contributed by atoms with van der Waals surface area (Å²) in [4.78, 5) is 2.48. The molecule has 0 aliphatic carbocycles. The van der Waals surface area contributed by atoms with Crippen LogP contribution in [0.3, 0.4) is 0 Å². The first-order chi connectivity index (χ1) is 9.57. The van der Waals surface area contributed by atoms with Crippen molar-refractivity contribution >= 4 is 10.0 Å². The summed E-state index contributed by atoms with van der Waals surface area (Å²) in [5.74, 6) is 0. The fraction of sp³-hybridized carbons (Fsp3) is 0.750. The maximum absolute atomic E-state index is 12.5. The Labute approximate surface area is 119 Å². The second-order valence-corrected chi connectivity index (χ2v) is 6.85. The normalized spacial score (nSPS) is 18.5. The van der Waals surface area contributed by atoms with Gasteiger partial charge in [-0.1, -0.05) is 6.92 Å². The van der Waals surface area contributed by atoms with Crippen molar-refractivity contribution in [3.05, 3.63) is 12.4 Å². The van der Waals surface area contributed by atoms with Gasteiger partial charge in [-0.2, -0.15) is 9.40 Å². The minimum absolute atomic E-state index is 0.0587. The Morgan fingerprint density at radius 1 is 1.25 bits per heavy atom. The van der Waals surface area contributed by atoms with Crippen molar-refractivity contribution in [3.8, 4) is 0 Å². The van der Waals surface area contributed by atoms with Gasteiger partial charge in [-0.3, -0.25) is 4.68 Å². The molecule has 0 amide bonds. The molecule has 114 valence electrons. The van der Waals surface area contributed by atoms with Crippen molar-refractivity contribution in [2.75, 3.05) is 39.3 Å². The number of aliphatic hydroxyl groups excluding tert-OH is 1. The molecule has 0 unspecified atom stereocenters. The van der Waals surface area contributed by atoms with Crippen molar-refractivity contribution < 1.29 is 13.5 Å². The zero-order valence-corrected chi connectivity index (χ0v) is 12.6. The topological polar surface area (TPSA) is 78.7 Å². The Morgan fingerprint density at radius 3 is 2.55 bits per heavy atom. The summed E-state index contributed by atoms with van der Waals surface area (Å²) in [6.07, 6.45) is 3.91. The third-order valence-corrected chi connectivity index (χ3v) is 5.30. The Bertz CT molecular complexity index is 521. The van der Waals surface area contributed by atoms with Gasteiger partial charge in [-0.25, -0.2) is 8.42 Å². The van der Waals surface area contributed by atoms with Crippen LogP contribution in [0, 0.1) is 0 Å². The summed E-state index contributed by atoms with van der Waals surface area (Å²) in [5, 5.41) is 12.8. The first kappa shape index (κ1) is 15.4. The zero-order chi connectivity index (χ0) is 14.6. The van der Waals surface area contributed by atoms with Crippen LogP contribution in [-0.2, 0) is 16.6 Å². The van der Waals surface area contributed by atoms with Crippen LogP contribution in [0.5, 0.6) is 0 Å². The summed E-state index contributed by atoms with van der Waals surface area (Å²) >= 11 is 0. The van der Waals surface area contributed by atoms with Crippen LogP contribution in [0.1, 0.15) is 13.3 Å². The predicted octanol–water partition coefficient (Wildman–Crippen LogP) is -0.408. The third-order valence-electron chi connectivity index (χ3n) is 3.45. The van der Waals surface area contributed by atoms with Crippen LogP contribution in [0.15, 0.2) is 17.3 Å². The molecule has 1 aromatic rings. The van der Waals surface area contributed by atoms with E-state index in [4.69, 9.17) is 5.11 Å². The van der Waals surface area contributed by atoms with Crippen molar-refractivity contribution in [2.24, 2.45) is 0 Å². The van der Waals surface area contributed by atoms with E-state index >= 15 is 0 Å². The smallest absolute Gasteiger partial charge is 0.246 e. The highest BCUT2D eigenvalue weighted by Crippen LogP contribution is 2.17. The van der Waals surface area contributed by atoms with E-state index < -0.39 is 10.0 Å². The van der Waals surface area contributed by atoms with Gasteiger partial charge in [0.2, 0.25) is 10.0 Å². The lowest BCUT2D eigenvalue weighted by Gasteiger charge is -2.33. The molecule has 1 saturated heterocycles. The van der Waals surface area contributed by atoms with Gasteiger partial charge >= 0.3 is 0 Å². The molecule has 1 aliphatic rings. The van der Waals surface area contributed by atoms with Gasteiger partial charge in [0, 0.05) is 32.4 Å². The summed E-state index contributed by atoms with van der Waals surface area (Å²) < 4.78 is 27.9. The summed E-state index contributed by atoms with van der Waals surface area (Å²) in [6, 6.07) is 0. The Balaban J connectivity index is 2.03. The number of piperazine rings is 1. The third kappa shape index (κ3) is 3.38. The van der Waals surface area contributed by atoms with E-state index in [1.807, 2.05) is 0 Å². The number of aliphatic hydroxyl groups is 1. The fourth-order valence-electron chi connectivity index (χ4n) is 2.36. The number of rotatable bonds is 6. The van der Waals surface area contributed by atoms with Gasteiger partial charge in [-0.15, -0.1) is 0 Å². The lowest BCUT2D eigenvalue weighted by Crippen LogP contribution is -2.48. The second-order valence-electron chi connectivity index (χ2n) is 4.91. The number of nitrogens with zero attached hydrogens (tertiary/aromatic N) is 4. The molecular weight excluding hydrogens is 280 g/mol. The first-order valence-corrected chi connectivity index (χ1v) is 8.37. The van der Waals surface area contributed by atoms with E-state index in [0.29, 0.717) is 19.6 Å². The molecule has 2 rings (SSSR count). The van der Waals surface area contributed by atoms with Gasteiger partial charge < -0.3 is 10.0 Å². The molecule has 7 nitrogen and oxygen atoms in total. The van der Waals surface area contributed by atoms with E-state index in [-0.39, 0.29) is 11.5 Å². The van der Waals surface area contributed by atoms with Gasteiger partial charge in [0.1, 0.15) is 4.90 Å². The minimum Gasteiger partial charge on any atom is -0.394 e. The molecule has 0 aromatic carbocycles. The Hall–Kier alpha value is -0.960. The van der Waals surface area contributed by atoms with Crippen LogP contribution in [0.4, 0.5) is 0 Å². The van der Waals surface area contributed by atoms with Crippen molar-refractivity contribution in [1.82, 2.24) is 19.0 Å². The Morgan fingerprint density at radius 2 is 1.95 bits per heavy atom. The second kappa shape index (κ2) is 6.66. The molecule has 1 aromatic heterocycles. The molecule has 0 saturated carbocycles. The maximum atomic E-state index is 12.5. The molecule has 0 spiro atoms. The SMILES string of the molecule is CCCN1CCN(S(=O)(=O)c2cnn(CCO)c2)CC1. The van der Waals surface area contributed by atoms with Crippen LogP contribution < -0.4 is 0 Å². The molecule has 20 heavy (non-hydrogen) atoms. The summed E-state index contributed by atoms with van der Waals surface area (Å²) in [7, 11) is -3.46. The highest BCUT2D eigenvalue weighted by Gasteiger charge is 2.29. The minimum atomic E-state index is -3.46. The van der Waals surface area contributed by atoms with Crippen LogP contribution in [-0.4, -0.2) is 71.8 Å². The largest absolute Gasteiger partial charge is 0.394 e. The van der Waals surface area contributed by atoms with E-state index in [9.17, 15) is 8.42 Å². The highest BCUT2D eigenvalue weighted by molar-refractivity contribution is 7.89.